The van der Waals surface area contributed by atoms with Crippen LogP contribution in [0.25, 0.3) is 0 Å². The van der Waals surface area contributed by atoms with Crippen LogP contribution < -0.4 is 4.90 Å². The Morgan fingerprint density at radius 2 is 1.90 bits per heavy atom. The van der Waals surface area contributed by atoms with Crippen LogP contribution in [0.15, 0.2) is 36.0 Å². The first-order valence-corrected chi connectivity index (χ1v) is 7.09. The number of nitro groups is 1. The lowest BCUT2D eigenvalue weighted by atomic mass is 10.1. The second-order valence-electron chi connectivity index (χ2n) is 4.84. The number of non-ortho nitro benzene ring substituents is 1. The standard InChI is InChI=1S/C15H21N3O2/c1-3-16(4-2)14-9-11-17(12-10-14)13-5-7-15(8-6-13)18(19)20/h5-9H,3-4,10-12H2,1-2H3. The summed E-state index contributed by atoms with van der Waals surface area (Å²) in [6.07, 6.45) is 3.29. The average Bonchev–Trinajstić information content (AvgIpc) is 2.49. The van der Waals surface area contributed by atoms with E-state index in [4.69, 9.17) is 0 Å². The van der Waals surface area contributed by atoms with Gasteiger partial charge in [-0.2, -0.15) is 0 Å². The summed E-state index contributed by atoms with van der Waals surface area (Å²) >= 11 is 0. The van der Waals surface area contributed by atoms with Gasteiger partial charge in [0.2, 0.25) is 0 Å². The van der Waals surface area contributed by atoms with Gasteiger partial charge in [-0.25, -0.2) is 0 Å². The van der Waals surface area contributed by atoms with Crippen molar-refractivity contribution in [1.29, 1.82) is 0 Å². The molecule has 0 amide bonds. The molecule has 108 valence electrons. The van der Waals surface area contributed by atoms with E-state index in [0.29, 0.717) is 0 Å². The van der Waals surface area contributed by atoms with E-state index in [1.807, 2.05) is 12.1 Å². The van der Waals surface area contributed by atoms with Gasteiger partial charge in [-0.15, -0.1) is 0 Å². The van der Waals surface area contributed by atoms with E-state index in [9.17, 15) is 10.1 Å². The summed E-state index contributed by atoms with van der Waals surface area (Å²) in [6.45, 7) is 8.25. The van der Waals surface area contributed by atoms with E-state index in [1.54, 1.807) is 12.1 Å². The SMILES string of the molecule is CCN(CC)C1=CCN(c2ccc([N+](=O)[O-])cc2)CC1. The van der Waals surface area contributed by atoms with Crippen LogP contribution in [0.2, 0.25) is 0 Å². The lowest BCUT2D eigenvalue weighted by molar-refractivity contribution is -0.384. The predicted octanol–water partition coefficient (Wildman–Crippen LogP) is 3.03. The van der Waals surface area contributed by atoms with Crippen LogP contribution in [0.4, 0.5) is 11.4 Å². The summed E-state index contributed by atoms with van der Waals surface area (Å²) in [5.74, 6) is 0. The fourth-order valence-corrected chi connectivity index (χ4v) is 2.60. The van der Waals surface area contributed by atoms with Gasteiger partial charge in [-0.1, -0.05) is 0 Å². The molecule has 0 N–H and O–H groups in total. The van der Waals surface area contributed by atoms with E-state index in [-0.39, 0.29) is 10.6 Å². The molecule has 1 aliphatic heterocycles. The summed E-state index contributed by atoms with van der Waals surface area (Å²) in [5, 5.41) is 10.6. The molecule has 5 heteroatoms. The van der Waals surface area contributed by atoms with Crippen LogP contribution in [0, 0.1) is 10.1 Å². The van der Waals surface area contributed by atoms with Crippen LogP contribution in [0.1, 0.15) is 20.3 Å². The fraction of sp³-hybridized carbons (Fsp3) is 0.467. The molecule has 1 heterocycles. The highest BCUT2D eigenvalue weighted by atomic mass is 16.6. The Labute approximate surface area is 119 Å². The minimum atomic E-state index is -0.363. The van der Waals surface area contributed by atoms with Gasteiger partial charge >= 0.3 is 0 Å². The number of nitro benzene ring substituents is 1. The third kappa shape index (κ3) is 3.10. The maximum atomic E-state index is 10.6. The summed E-state index contributed by atoms with van der Waals surface area (Å²) in [4.78, 5) is 14.9. The molecule has 20 heavy (non-hydrogen) atoms. The average molecular weight is 275 g/mol. The fourth-order valence-electron chi connectivity index (χ4n) is 2.60. The third-order valence-corrected chi connectivity index (χ3v) is 3.78. The zero-order valence-corrected chi connectivity index (χ0v) is 12.1. The largest absolute Gasteiger partial charge is 0.376 e. The first kappa shape index (κ1) is 14.4. The second kappa shape index (κ2) is 6.41. The number of hydrogen-bond acceptors (Lipinski definition) is 4. The molecule has 1 aromatic carbocycles. The Kier molecular flexibility index (Phi) is 4.61. The summed E-state index contributed by atoms with van der Waals surface area (Å²) in [6, 6.07) is 6.79. The van der Waals surface area contributed by atoms with Crippen molar-refractivity contribution in [2.75, 3.05) is 31.1 Å². The molecule has 0 atom stereocenters. The van der Waals surface area contributed by atoms with Crippen LogP contribution in [-0.4, -0.2) is 36.0 Å². The van der Waals surface area contributed by atoms with Crippen LogP contribution >= 0.6 is 0 Å². The Hall–Kier alpha value is -2.04. The molecule has 0 radical (unpaired) electrons. The van der Waals surface area contributed by atoms with Gasteiger partial charge in [0.05, 0.1) is 4.92 Å². The van der Waals surface area contributed by atoms with Crippen molar-refractivity contribution in [3.63, 3.8) is 0 Å². The van der Waals surface area contributed by atoms with E-state index in [1.165, 1.54) is 5.70 Å². The molecule has 2 rings (SSSR count). The highest BCUT2D eigenvalue weighted by molar-refractivity contribution is 5.52. The predicted molar refractivity (Wildman–Crippen MR) is 80.9 cm³/mol. The quantitative estimate of drug-likeness (QED) is 0.612. The molecule has 0 saturated carbocycles. The minimum Gasteiger partial charge on any atom is -0.376 e. The zero-order chi connectivity index (χ0) is 14.5. The van der Waals surface area contributed by atoms with Crippen LogP contribution in [0.3, 0.4) is 0 Å². The first-order chi connectivity index (χ1) is 9.65. The van der Waals surface area contributed by atoms with Crippen molar-refractivity contribution >= 4 is 11.4 Å². The van der Waals surface area contributed by atoms with Gasteiger partial charge < -0.3 is 9.80 Å². The molecule has 0 spiro atoms. The normalized spacial score (nSPS) is 14.9. The summed E-state index contributed by atoms with van der Waals surface area (Å²) < 4.78 is 0. The number of hydrogen-bond donors (Lipinski definition) is 0. The molecule has 0 saturated heterocycles. The molecule has 0 bridgehead atoms. The van der Waals surface area contributed by atoms with Crippen molar-refractivity contribution in [1.82, 2.24) is 4.90 Å². The molecule has 5 nitrogen and oxygen atoms in total. The Balaban J connectivity index is 2.04. The molecule has 0 aromatic heterocycles. The third-order valence-electron chi connectivity index (χ3n) is 3.78. The second-order valence-corrected chi connectivity index (χ2v) is 4.84. The lowest BCUT2D eigenvalue weighted by Gasteiger charge is -2.33. The molecule has 1 aliphatic rings. The molecule has 1 aromatic rings. The van der Waals surface area contributed by atoms with Crippen molar-refractivity contribution in [2.24, 2.45) is 0 Å². The number of rotatable bonds is 5. The topological polar surface area (TPSA) is 49.6 Å². The lowest BCUT2D eigenvalue weighted by Crippen LogP contribution is -2.33. The zero-order valence-electron chi connectivity index (χ0n) is 12.1. The van der Waals surface area contributed by atoms with Crippen molar-refractivity contribution in [3.8, 4) is 0 Å². The smallest absolute Gasteiger partial charge is 0.269 e. The van der Waals surface area contributed by atoms with Crippen molar-refractivity contribution in [3.05, 3.63) is 46.2 Å². The van der Waals surface area contributed by atoms with E-state index in [2.05, 4.69) is 29.7 Å². The van der Waals surface area contributed by atoms with E-state index < -0.39 is 0 Å². The highest BCUT2D eigenvalue weighted by Crippen LogP contribution is 2.23. The molecular weight excluding hydrogens is 254 g/mol. The van der Waals surface area contributed by atoms with Gasteiger partial charge in [0.1, 0.15) is 0 Å². The van der Waals surface area contributed by atoms with Gasteiger partial charge in [-0.05, 0) is 32.1 Å². The summed E-state index contributed by atoms with van der Waals surface area (Å²) in [7, 11) is 0. The Morgan fingerprint density at radius 1 is 1.25 bits per heavy atom. The Bertz CT molecular complexity index is 492. The van der Waals surface area contributed by atoms with E-state index in [0.717, 1.165) is 38.3 Å². The highest BCUT2D eigenvalue weighted by Gasteiger charge is 2.16. The molecule has 0 fully saturated rings. The van der Waals surface area contributed by atoms with Gasteiger partial charge in [0.25, 0.3) is 5.69 Å². The van der Waals surface area contributed by atoms with Crippen LogP contribution in [0.5, 0.6) is 0 Å². The minimum absolute atomic E-state index is 0.144. The maximum absolute atomic E-state index is 10.6. The molecule has 0 aliphatic carbocycles. The van der Waals surface area contributed by atoms with Crippen LogP contribution in [-0.2, 0) is 0 Å². The van der Waals surface area contributed by atoms with Gasteiger partial charge in [0, 0.05) is 56.1 Å². The van der Waals surface area contributed by atoms with Gasteiger partial charge in [-0.3, -0.25) is 10.1 Å². The molecular formula is C15H21N3O2. The van der Waals surface area contributed by atoms with Gasteiger partial charge in [0.15, 0.2) is 0 Å². The first-order valence-electron chi connectivity index (χ1n) is 7.09. The van der Waals surface area contributed by atoms with E-state index >= 15 is 0 Å². The Morgan fingerprint density at radius 3 is 2.35 bits per heavy atom. The monoisotopic (exact) mass is 275 g/mol. The number of benzene rings is 1. The summed E-state index contributed by atoms with van der Waals surface area (Å²) in [5.41, 5.74) is 2.60. The van der Waals surface area contributed by atoms with Crippen molar-refractivity contribution < 1.29 is 4.92 Å². The van der Waals surface area contributed by atoms with Crippen molar-refractivity contribution in [2.45, 2.75) is 20.3 Å². The number of nitrogens with zero attached hydrogens (tertiary/aromatic N) is 3. The maximum Gasteiger partial charge on any atom is 0.269 e. The molecule has 0 unspecified atom stereocenters. The number of anilines is 1.